The van der Waals surface area contributed by atoms with E-state index < -0.39 is 0 Å². The van der Waals surface area contributed by atoms with E-state index >= 15 is 0 Å². The van der Waals surface area contributed by atoms with Crippen molar-refractivity contribution in [2.24, 2.45) is 17.8 Å². The number of nitrogens with zero attached hydrogens (tertiary/aromatic N) is 3. The Morgan fingerprint density at radius 1 is 1.53 bits per heavy atom. The molecule has 0 spiro atoms. The summed E-state index contributed by atoms with van der Waals surface area (Å²) < 4.78 is 1.81. The molecule has 3 heterocycles. The highest BCUT2D eigenvalue weighted by Crippen LogP contribution is 2.40. The number of aliphatic imine (C=N–C) groups is 1. The van der Waals surface area contributed by atoms with Crippen molar-refractivity contribution < 1.29 is 0 Å². The molecule has 0 atom stereocenters. The number of hydrogen-bond acceptors (Lipinski definition) is 5. The monoisotopic (exact) mass is 247 g/mol. The van der Waals surface area contributed by atoms with E-state index in [2.05, 4.69) is 22.3 Å². The third-order valence-corrected chi connectivity index (χ3v) is 4.19. The van der Waals surface area contributed by atoms with Gasteiger partial charge in [0.2, 0.25) is 0 Å². The van der Waals surface area contributed by atoms with Gasteiger partial charge in [-0.15, -0.1) is 11.3 Å². The van der Waals surface area contributed by atoms with Gasteiger partial charge in [-0.3, -0.25) is 4.68 Å². The first-order valence-electron chi connectivity index (χ1n) is 5.33. The highest BCUT2D eigenvalue weighted by Gasteiger charge is 2.19. The van der Waals surface area contributed by atoms with Gasteiger partial charge in [0, 0.05) is 29.2 Å². The van der Waals surface area contributed by atoms with Gasteiger partial charge in [0.05, 0.1) is 12.7 Å². The highest BCUT2D eigenvalue weighted by molar-refractivity contribution is 7.20. The molecule has 88 valence electrons. The fourth-order valence-corrected chi connectivity index (χ4v) is 3.17. The molecule has 0 bridgehead atoms. The van der Waals surface area contributed by atoms with Crippen LogP contribution < -0.4 is 11.1 Å². The van der Waals surface area contributed by atoms with Crippen LogP contribution >= 0.6 is 11.3 Å². The normalized spacial score (nSPS) is 14.1. The lowest BCUT2D eigenvalue weighted by atomic mass is 10.1. The van der Waals surface area contributed by atoms with Crippen LogP contribution in [0.25, 0.3) is 10.4 Å². The number of guanidine groups is 1. The lowest BCUT2D eigenvalue weighted by Crippen LogP contribution is -2.25. The van der Waals surface area contributed by atoms with E-state index in [1.807, 2.05) is 24.1 Å². The van der Waals surface area contributed by atoms with Crippen LogP contribution in [0, 0.1) is 6.92 Å². The van der Waals surface area contributed by atoms with E-state index in [4.69, 9.17) is 5.73 Å². The third kappa shape index (κ3) is 1.61. The Morgan fingerprint density at radius 2 is 2.35 bits per heavy atom. The van der Waals surface area contributed by atoms with Gasteiger partial charge in [0.15, 0.2) is 5.96 Å². The molecule has 0 saturated heterocycles. The molecule has 2 aromatic rings. The number of thiophene rings is 1. The number of hydrogen-bond donors (Lipinski definition) is 2. The molecular weight excluding hydrogens is 234 g/mol. The molecule has 0 fully saturated rings. The van der Waals surface area contributed by atoms with Crippen molar-refractivity contribution in [3.63, 3.8) is 0 Å². The van der Waals surface area contributed by atoms with Crippen LogP contribution in [0.2, 0.25) is 0 Å². The van der Waals surface area contributed by atoms with Gasteiger partial charge >= 0.3 is 0 Å². The lowest BCUT2D eigenvalue weighted by molar-refractivity contribution is 0.768. The van der Waals surface area contributed by atoms with Crippen molar-refractivity contribution in [1.29, 1.82) is 0 Å². The Morgan fingerprint density at radius 3 is 3.06 bits per heavy atom. The highest BCUT2D eigenvalue weighted by atomic mass is 32.1. The zero-order chi connectivity index (χ0) is 12.0. The quantitative estimate of drug-likeness (QED) is 0.806. The van der Waals surface area contributed by atoms with Crippen molar-refractivity contribution in [2.75, 3.05) is 5.32 Å². The predicted molar refractivity (Wildman–Crippen MR) is 70.2 cm³/mol. The summed E-state index contributed by atoms with van der Waals surface area (Å²) in [6.07, 6.45) is 3.91. The minimum atomic E-state index is 0.497. The van der Waals surface area contributed by atoms with Crippen LogP contribution in [0.5, 0.6) is 0 Å². The molecule has 1 aliphatic rings. The molecule has 3 N–H and O–H groups in total. The first kappa shape index (κ1) is 10.3. The summed E-state index contributed by atoms with van der Waals surface area (Å²) in [5, 5.41) is 8.43. The third-order valence-electron chi connectivity index (χ3n) is 2.89. The van der Waals surface area contributed by atoms with Gasteiger partial charge in [-0.2, -0.15) is 5.10 Å². The van der Waals surface area contributed by atoms with E-state index in [1.54, 1.807) is 11.3 Å². The van der Waals surface area contributed by atoms with Gasteiger partial charge in [0.1, 0.15) is 5.00 Å². The summed E-state index contributed by atoms with van der Waals surface area (Å²) in [7, 11) is 1.92. The Bertz CT molecular complexity index is 607. The van der Waals surface area contributed by atoms with Crippen LogP contribution in [0.3, 0.4) is 0 Å². The zero-order valence-corrected chi connectivity index (χ0v) is 10.5. The summed E-state index contributed by atoms with van der Waals surface area (Å²) in [6, 6.07) is 0. The van der Waals surface area contributed by atoms with Gasteiger partial charge in [-0.05, 0) is 12.5 Å². The van der Waals surface area contributed by atoms with Gasteiger partial charge < -0.3 is 11.1 Å². The second-order valence-corrected chi connectivity index (χ2v) is 5.11. The van der Waals surface area contributed by atoms with E-state index in [1.165, 1.54) is 16.0 Å². The molecule has 3 rings (SSSR count). The Balaban J connectivity index is 2.09. The maximum absolute atomic E-state index is 5.68. The van der Waals surface area contributed by atoms with E-state index in [0.29, 0.717) is 12.5 Å². The summed E-state index contributed by atoms with van der Waals surface area (Å²) in [5.74, 6) is 0.497. The number of fused-ring (bicyclic) bond motifs is 1. The van der Waals surface area contributed by atoms with Crippen molar-refractivity contribution >= 4 is 22.3 Å². The lowest BCUT2D eigenvalue weighted by Gasteiger charge is -2.11. The standard InChI is InChI=1S/C11H13N5S/c1-6-8-4-13-11(12)15-10(8)17-9(6)7-3-14-16(2)5-7/h3,5H,4H2,1-2H3,(H3,12,13,15). The molecular formula is C11H13N5S. The molecule has 0 radical (unpaired) electrons. The average Bonchev–Trinajstić information content (AvgIpc) is 2.83. The first-order valence-corrected chi connectivity index (χ1v) is 6.15. The van der Waals surface area contributed by atoms with E-state index in [0.717, 1.165) is 10.6 Å². The van der Waals surface area contributed by atoms with Crippen LogP contribution in [0.4, 0.5) is 5.00 Å². The van der Waals surface area contributed by atoms with Crippen LogP contribution in [-0.4, -0.2) is 15.7 Å². The van der Waals surface area contributed by atoms with Crippen LogP contribution in [-0.2, 0) is 13.6 Å². The minimum absolute atomic E-state index is 0.497. The smallest absolute Gasteiger partial charge is 0.194 e. The van der Waals surface area contributed by atoms with Crippen LogP contribution in [0.1, 0.15) is 11.1 Å². The molecule has 0 unspecified atom stereocenters. The molecule has 2 aromatic heterocycles. The summed E-state index contributed by atoms with van der Waals surface area (Å²) >= 11 is 1.71. The maximum Gasteiger partial charge on any atom is 0.194 e. The summed E-state index contributed by atoms with van der Waals surface area (Å²) in [6.45, 7) is 2.78. The Hall–Kier alpha value is -1.82. The number of nitrogens with one attached hydrogen (secondary N) is 1. The topological polar surface area (TPSA) is 68.2 Å². The van der Waals surface area contributed by atoms with Gasteiger partial charge in [0.25, 0.3) is 0 Å². The Kier molecular flexibility index (Phi) is 2.19. The molecule has 0 aromatic carbocycles. The fourth-order valence-electron chi connectivity index (χ4n) is 1.97. The zero-order valence-electron chi connectivity index (χ0n) is 9.69. The number of anilines is 1. The van der Waals surface area contributed by atoms with Crippen molar-refractivity contribution in [3.8, 4) is 10.4 Å². The molecule has 6 heteroatoms. The average molecular weight is 247 g/mol. The van der Waals surface area contributed by atoms with E-state index in [-0.39, 0.29) is 0 Å². The largest absolute Gasteiger partial charge is 0.370 e. The summed E-state index contributed by atoms with van der Waals surface area (Å²) in [4.78, 5) is 5.45. The SMILES string of the molecule is Cc1c(-c2cnn(C)c2)sc2c1CN=C(N)N2. The summed E-state index contributed by atoms with van der Waals surface area (Å²) in [5.41, 5.74) is 9.33. The van der Waals surface area contributed by atoms with Crippen molar-refractivity contribution in [2.45, 2.75) is 13.5 Å². The molecule has 17 heavy (non-hydrogen) atoms. The second kappa shape index (κ2) is 3.59. The van der Waals surface area contributed by atoms with Crippen molar-refractivity contribution in [3.05, 3.63) is 23.5 Å². The van der Waals surface area contributed by atoms with Gasteiger partial charge in [-0.25, -0.2) is 4.99 Å². The minimum Gasteiger partial charge on any atom is -0.370 e. The maximum atomic E-state index is 5.68. The molecule has 0 amide bonds. The first-order chi connectivity index (χ1) is 8.15. The molecule has 1 aliphatic heterocycles. The predicted octanol–water partition coefficient (Wildman–Crippen LogP) is 1.70. The number of rotatable bonds is 1. The molecule has 0 aliphatic carbocycles. The van der Waals surface area contributed by atoms with Gasteiger partial charge in [-0.1, -0.05) is 0 Å². The molecule has 0 saturated carbocycles. The number of nitrogens with two attached hydrogens (primary N) is 1. The van der Waals surface area contributed by atoms with Crippen molar-refractivity contribution in [1.82, 2.24) is 9.78 Å². The molecule has 5 nitrogen and oxygen atoms in total. The second-order valence-electron chi connectivity index (χ2n) is 4.09. The number of aryl methyl sites for hydroxylation is 1. The Labute approximate surface area is 103 Å². The fraction of sp³-hybridized carbons (Fsp3) is 0.273. The van der Waals surface area contributed by atoms with E-state index in [9.17, 15) is 0 Å². The number of aromatic nitrogens is 2. The van der Waals surface area contributed by atoms with Crippen LogP contribution in [0.15, 0.2) is 17.4 Å².